The van der Waals surface area contributed by atoms with Crippen LogP contribution in [0.25, 0.3) is 0 Å². The molecule has 0 spiro atoms. The highest BCUT2D eigenvalue weighted by Gasteiger charge is 2.34. The molecule has 1 saturated carbocycles. The van der Waals surface area contributed by atoms with Gasteiger partial charge in [-0.1, -0.05) is 0 Å². The van der Waals surface area contributed by atoms with Crippen molar-refractivity contribution in [3.8, 4) is 0 Å². The van der Waals surface area contributed by atoms with Crippen LogP contribution in [-0.4, -0.2) is 23.9 Å². The molecule has 1 aliphatic carbocycles. The first kappa shape index (κ1) is 12.0. The number of aliphatic imine (C=N–C) groups is 1. The molecule has 1 unspecified atom stereocenters. The van der Waals surface area contributed by atoms with Crippen molar-refractivity contribution in [2.45, 2.75) is 18.9 Å². The minimum absolute atomic E-state index is 0.336. The van der Waals surface area contributed by atoms with Crippen LogP contribution < -0.4 is 5.73 Å². The first-order chi connectivity index (χ1) is 8.15. The van der Waals surface area contributed by atoms with E-state index in [0.717, 1.165) is 27.3 Å². The lowest BCUT2D eigenvalue weighted by atomic mass is 10.2. The van der Waals surface area contributed by atoms with Gasteiger partial charge in [0.15, 0.2) is 5.96 Å². The van der Waals surface area contributed by atoms with Crippen LogP contribution in [0.15, 0.2) is 19.3 Å². The third-order valence-electron chi connectivity index (χ3n) is 3.24. The second-order valence-electron chi connectivity index (χ2n) is 4.58. The van der Waals surface area contributed by atoms with Gasteiger partial charge in [0, 0.05) is 15.9 Å². The van der Waals surface area contributed by atoms with Gasteiger partial charge in [-0.3, -0.25) is 4.99 Å². The van der Waals surface area contributed by atoms with E-state index in [9.17, 15) is 0 Å². The van der Waals surface area contributed by atoms with Gasteiger partial charge in [-0.05, 0) is 56.7 Å². The molecular weight excluding hydrogens is 366 g/mol. The van der Waals surface area contributed by atoms with Crippen LogP contribution in [-0.2, 0) is 0 Å². The van der Waals surface area contributed by atoms with Crippen molar-refractivity contribution >= 4 is 49.2 Å². The van der Waals surface area contributed by atoms with Gasteiger partial charge >= 0.3 is 0 Å². The maximum absolute atomic E-state index is 5.98. The average Bonchev–Trinajstić information content (AvgIpc) is 2.95. The summed E-state index contributed by atoms with van der Waals surface area (Å²) < 4.78 is 2.26. The molecule has 0 bridgehead atoms. The standard InChI is InChI=1S/C11H13Br2N3S/c12-7-3-9(17-10(7)13)8-4-15-11(14)16(8)5-6-1-2-6/h3,6,8H,1-2,4-5H2,(H2,14,15). The third kappa shape index (κ3) is 2.39. The number of guanidine groups is 1. The van der Waals surface area contributed by atoms with E-state index in [2.05, 4.69) is 47.8 Å². The van der Waals surface area contributed by atoms with Gasteiger partial charge in [0.05, 0.1) is 16.4 Å². The van der Waals surface area contributed by atoms with Gasteiger partial charge in [-0.2, -0.15) is 0 Å². The molecule has 3 nitrogen and oxygen atoms in total. The zero-order valence-corrected chi connectivity index (χ0v) is 13.2. The maximum atomic E-state index is 5.98. The van der Waals surface area contributed by atoms with Gasteiger partial charge in [-0.15, -0.1) is 11.3 Å². The summed E-state index contributed by atoms with van der Waals surface area (Å²) in [5.74, 6) is 1.54. The molecule has 0 saturated heterocycles. The average molecular weight is 379 g/mol. The molecule has 17 heavy (non-hydrogen) atoms. The fourth-order valence-electron chi connectivity index (χ4n) is 2.10. The molecule has 0 amide bonds. The van der Waals surface area contributed by atoms with Crippen molar-refractivity contribution in [1.29, 1.82) is 0 Å². The van der Waals surface area contributed by atoms with E-state index in [0.29, 0.717) is 12.0 Å². The first-order valence-corrected chi connectivity index (χ1v) is 8.06. The fourth-order valence-corrected chi connectivity index (χ4v) is 4.29. The first-order valence-electron chi connectivity index (χ1n) is 5.66. The Kier molecular flexibility index (Phi) is 3.21. The Balaban J connectivity index is 1.81. The molecule has 1 aliphatic heterocycles. The highest BCUT2D eigenvalue weighted by molar-refractivity contribution is 9.13. The predicted octanol–water partition coefficient (Wildman–Crippen LogP) is 3.35. The maximum Gasteiger partial charge on any atom is 0.191 e. The lowest BCUT2D eigenvalue weighted by Gasteiger charge is -2.25. The highest BCUT2D eigenvalue weighted by Crippen LogP contribution is 2.40. The Morgan fingerprint density at radius 1 is 1.47 bits per heavy atom. The number of nitrogens with zero attached hydrogens (tertiary/aromatic N) is 2. The van der Waals surface area contributed by atoms with E-state index in [1.54, 1.807) is 11.3 Å². The number of hydrogen-bond acceptors (Lipinski definition) is 4. The minimum Gasteiger partial charge on any atom is -0.370 e. The van der Waals surface area contributed by atoms with Crippen LogP contribution in [0.2, 0.25) is 0 Å². The third-order valence-corrected chi connectivity index (χ3v) is 6.60. The Morgan fingerprint density at radius 2 is 2.24 bits per heavy atom. The van der Waals surface area contributed by atoms with Gasteiger partial charge in [0.1, 0.15) is 0 Å². The van der Waals surface area contributed by atoms with Gasteiger partial charge < -0.3 is 10.6 Å². The van der Waals surface area contributed by atoms with Crippen LogP contribution in [0, 0.1) is 5.92 Å². The summed E-state index contributed by atoms with van der Waals surface area (Å²) in [6.07, 6.45) is 2.68. The number of hydrogen-bond donors (Lipinski definition) is 1. The molecular formula is C11H13Br2N3S. The number of halogens is 2. The number of rotatable bonds is 3. The molecule has 0 radical (unpaired) electrons. The largest absolute Gasteiger partial charge is 0.370 e. The Hall–Kier alpha value is -0.0700. The summed E-state index contributed by atoms with van der Waals surface area (Å²) in [5.41, 5.74) is 5.98. The lowest BCUT2D eigenvalue weighted by Crippen LogP contribution is -2.37. The molecule has 92 valence electrons. The van der Waals surface area contributed by atoms with E-state index < -0.39 is 0 Å². The quantitative estimate of drug-likeness (QED) is 0.876. The van der Waals surface area contributed by atoms with Crippen molar-refractivity contribution < 1.29 is 0 Å². The zero-order valence-electron chi connectivity index (χ0n) is 9.20. The fraction of sp³-hybridized carbons (Fsp3) is 0.545. The van der Waals surface area contributed by atoms with E-state index >= 15 is 0 Å². The molecule has 2 N–H and O–H groups in total. The van der Waals surface area contributed by atoms with Crippen LogP contribution in [0.4, 0.5) is 0 Å². The molecule has 3 rings (SSSR count). The molecule has 6 heteroatoms. The normalized spacial score (nSPS) is 24.2. The Labute approximate surface area is 121 Å². The summed E-state index contributed by atoms with van der Waals surface area (Å²) in [6, 6.07) is 2.51. The van der Waals surface area contributed by atoms with Gasteiger partial charge in [-0.25, -0.2) is 0 Å². The summed E-state index contributed by atoms with van der Waals surface area (Å²) >= 11 is 8.85. The van der Waals surface area contributed by atoms with Gasteiger partial charge in [0.2, 0.25) is 0 Å². The Bertz CT molecular complexity index is 448. The highest BCUT2D eigenvalue weighted by atomic mass is 79.9. The summed E-state index contributed by atoms with van der Waals surface area (Å²) in [6.45, 7) is 1.85. The molecule has 2 aliphatic rings. The topological polar surface area (TPSA) is 41.6 Å². The Morgan fingerprint density at radius 3 is 2.82 bits per heavy atom. The van der Waals surface area contributed by atoms with Crippen molar-refractivity contribution in [1.82, 2.24) is 4.90 Å². The molecule has 1 aromatic rings. The summed E-state index contributed by atoms with van der Waals surface area (Å²) in [7, 11) is 0. The smallest absolute Gasteiger partial charge is 0.191 e. The minimum atomic E-state index is 0.336. The molecule has 1 aromatic heterocycles. The molecule has 1 atom stereocenters. The number of thiophene rings is 1. The van der Waals surface area contributed by atoms with Crippen molar-refractivity contribution in [3.63, 3.8) is 0 Å². The molecule has 1 fully saturated rings. The summed E-state index contributed by atoms with van der Waals surface area (Å²) in [4.78, 5) is 7.99. The number of nitrogens with two attached hydrogens (primary N) is 1. The van der Waals surface area contributed by atoms with Crippen LogP contribution >= 0.6 is 43.2 Å². The second kappa shape index (κ2) is 4.55. The summed E-state index contributed by atoms with van der Waals surface area (Å²) in [5, 5.41) is 0. The van der Waals surface area contributed by atoms with E-state index in [1.807, 2.05) is 0 Å². The lowest BCUT2D eigenvalue weighted by molar-refractivity contribution is 0.337. The van der Waals surface area contributed by atoms with Crippen molar-refractivity contribution in [2.75, 3.05) is 13.1 Å². The SMILES string of the molecule is NC1=NCC(c2cc(Br)c(Br)s2)N1CC1CC1. The van der Waals surface area contributed by atoms with E-state index in [1.165, 1.54) is 17.7 Å². The van der Waals surface area contributed by atoms with Crippen molar-refractivity contribution in [3.05, 3.63) is 19.2 Å². The molecule has 2 heterocycles. The van der Waals surface area contributed by atoms with E-state index in [4.69, 9.17) is 5.73 Å². The zero-order chi connectivity index (χ0) is 12.0. The van der Waals surface area contributed by atoms with Crippen LogP contribution in [0.1, 0.15) is 23.8 Å². The van der Waals surface area contributed by atoms with E-state index in [-0.39, 0.29) is 0 Å². The molecule has 0 aromatic carbocycles. The second-order valence-corrected chi connectivity index (χ2v) is 7.84. The van der Waals surface area contributed by atoms with Gasteiger partial charge in [0.25, 0.3) is 0 Å². The van der Waals surface area contributed by atoms with Crippen LogP contribution in [0.3, 0.4) is 0 Å². The predicted molar refractivity (Wildman–Crippen MR) is 78.4 cm³/mol. The van der Waals surface area contributed by atoms with Crippen LogP contribution in [0.5, 0.6) is 0 Å². The monoisotopic (exact) mass is 377 g/mol. The van der Waals surface area contributed by atoms with Crippen molar-refractivity contribution in [2.24, 2.45) is 16.6 Å².